The minimum Gasteiger partial charge on any atom is -0.232 e. The normalized spacial score (nSPS) is 21.1. The highest BCUT2D eigenvalue weighted by atomic mass is 79.9. The molecule has 0 amide bonds. The summed E-state index contributed by atoms with van der Waals surface area (Å²) in [5.41, 5.74) is 0. The van der Waals surface area contributed by atoms with Crippen LogP contribution in [0.5, 0.6) is 0 Å². The zero-order chi connectivity index (χ0) is 10.3. The van der Waals surface area contributed by atoms with Crippen molar-refractivity contribution in [3.05, 3.63) is 10.0 Å². The van der Waals surface area contributed by atoms with Crippen LogP contribution in [0.3, 0.4) is 0 Å². The molecule has 13 heavy (non-hydrogen) atoms. The van der Waals surface area contributed by atoms with Gasteiger partial charge in [-0.2, -0.15) is 0 Å². The Morgan fingerprint density at radius 2 is 2.08 bits per heavy atom. The van der Waals surface area contributed by atoms with E-state index in [2.05, 4.69) is 20.9 Å². The van der Waals surface area contributed by atoms with Gasteiger partial charge in [0.15, 0.2) is 14.9 Å². The Morgan fingerprint density at radius 3 is 2.38 bits per heavy atom. The van der Waals surface area contributed by atoms with E-state index in [1.54, 1.807) is 0 Å². The monoisotopic (exact) mass is 287 g/mol. The summed E-state index contributed by atoms with van der Waals surface area (Å²) in [4.78, 5) is 3.55. The Labute approximate surface area is 84.5 Å². The maximum absolute atomic E-state index is 11.1. The molecule has 0 aliphatic carbocycles. The molecule has 1 aliphatic rings. The molecule has 0 aromatic carbocycles. The molecule has 0 radical (unpaired) electrons. The molecule has 74 valence electrons. The van der Waals surface area contributed by atoms with E-state index < -0.39 is 25.4 Å². The van der Waals surface area contributed by atoms with Gasteiger partial charge in [-0.3, -0.25) is 0 Å². The van der Waals surface area contributed by atoms with Crippen LogP contribution in [0.1, 0.15) is 0 Å². The number of sulfone groups is 2. The van der Waals surface area contributed by atoms with Crippen molar-refractivity contribution in [3.8, 4) is 0 Å². The lowest BCUT2D eigenvalue weighted by atomic mass is 10.8. The fourth-order valence-electron chi connectivity index (χ4n) is 0.744. The third kappa shape index (κ3) is 2.89. The quantitative estimate of drug-likeness (QED) is 0.672. The summed E-state index contributed by atoms with van der Waals surface area (Å²) in [5.74, 6) is -0.555. The number of halogens is 1. The van der Waals surface area contributed by atoms with Crippen molar-refractivity contribution < 1.29 is 16.8 Å². The van der Waals surface area contributed by atoms with E-state index >= 15 is 0 Å². The zero-order valence-corrected chi connectivity index (χ0v) is 9.78. The van der Waals surface area contributed by atoms with Crippen LogP contribution in [-0.2, 0) is 19.7 Å². The number of rotatable bonds is 2. The molecule has 0 unspecified atom stereocenters. The molecule has 5 nitrogen and oxygen atoms in total. The second kappa shape index (κ2) is 3.18. The van der Waals surface area contributed by atoms with Gasteiger partial charge in [-0.25, -0.2) is 21.8 Å². The van der Waals surface area contributed by atoms with Crippen molar-refractivity contribution in [2.45, 2.75) is 0 Å². The lowest BCUT2D eigenvalue weighted by Gasteiger charge is -1.96. The van der Waals surface area contributed by atoms with Gasteiger partial charge in [0, 0.05) is 6.26 Å². The minimum absolute atomic E-state index is 0.131. The summed E-state index contributed by atoms with van der Waals surface area (Å²) in [6.07, 6.45) is 0.956. The molecular weight excluding hydrogens is 282 g/mol. The molecule has 0 N–H and O–H groups in total. The van der Waals surface area contributed by atoms with E-state index in [9.17, 15) is 16.8 Å². The average molecular weight is 288 g/mol. The van der Waals surface area contributed by atoms with Crippen LogP contribution in [0.2, 0.25) is 0 Å². The predicted octanol–water partition coefficient (Wildman–Crippen LogP) is 0.0517. The van der Waals surface area contributed by atoms with Crippen molar-refractivity contribution in [1.29, 1.82) is 0 Å². The summed E-state index contributed by atoms with van der Waals surface area (Å²) in [7, 11) is -6.97. The maximum atomic E-state index is 11.1. The van der Waals surface area contributed by atoms with E-state index in [-0.39, 0.29) is 9.65 Å². The SMILES string of the molecule is CS(=O)(=O)CC1=NC(Br)=CS1(=O)=O. The van der Waals surface area contributed by atoms with Crippen molar-refractivity contribution >= 4 is 40.6 Å². The highest BCUT2D eigenvalue weighted by Crippen LogP contribution is 2.19. The van der Waals surface area contributed by atoms with Gasteiger partial charge in [0.25, 0.3) is 0 Å². The maximum Gasteiger partial charge on any atom is 0.216 e. The largest absolute Gasteiger partial charge is 0.232 e. The number of hydrogen-bond acceptors (Lipinski definition) is 5. The van der Waals surface area contributed by atoms with Crippen LogP contribution in [0.25, 0.3) is 0 Å². The molecule has 0 saturated heterocycles. The summed E-state index contributed by atoms with van der Waals surface area (Å²) in [6.45, 7) is 0. The summed E-state index contributed by atoms with van der Waals surface area (Å²) < 4.78 is 44.0. The van der Waals surface area contributed by atoms with E-state index in [4.69, 9.17) is 0 Å². The van der Waals surface area contributed by atoms with Crippen LogP contribution in [-0.4, -0.2) is 33.9 Å². The van der Waals surface area contributed by atoms with Crippen LogP contribution >= 0.6 is 15.9 Å². The van der Waals surface area contributed by atoms with Gasteiger partial charge in [-0.05, 0) is 15.9 Å². The molecular formula is C5H6BrNO4S2. The first-order valence-electron chi connectivity index (χ1n) is 3.08. The van der Waals surface area contributed by atoms with Gasteiger partial charge in [-0.15, -0.1) is 0 Å². The molecule has 8 heteroatoms. The Morgan fingerprint density at radius 1 is 1.54 bits per heavy atom. The average Bonchev–Trinajstić information content (AvgIpc) is 2.00. The predicted molar refractivity (Wildman–Crippen MR) is 53.1 cm³/mol. The molecule has 0 atom stereocenters. The standard InChI is InChI=1S/C5H6BrNO4S2/c1-12(8,9)3-5-7-4(6)2-13(5,10)11/h2H,3H2,1H3. The molecule has 0 spiro atoms. The first-order chi connectivity index (χ1) is 5.71. The molecule has 0 saturated carbocycles. The van der Waals surface area contributed by atoms with Crippen LogP contribution in [0.15, 0.2) is 15.0 Å². The smallest absolute Gasteiger partial charge is 0.216 e. The molecule has 1 aliphatic heterocycles. The summed E-state index contributed by atoms with van der Waals surface area (Å²) in [5, 5.41) is 0.551. The van der Waals surface area contributed by atoms with Gasteiger partial charge in [0.05, 0.1) is 5.41 Å². The molecule has 0 bridgehead atoms. The third-order valence-electron chi connectivity index (χ3n) is 1.20. The van der Waals surface area contributed by atoms with Crippen LogP contribution in [0, 0.1) is 0 Å². The Balaban J connectivity index is 3.07. The van der Waals surface area contributed by atoms with Crippen molar-refractivity contribution in [2.75, 3.05) is 12.0 Å². The second-order valence-electron chi connectivity index (χ2n) is 2.56. The van der Waals surface area contributed by atoms with Crippen molar-refractivity contribution in [1.82, 2.24) is 0 Å². The fraction of sp³-hybridized carbons (Fsp3) is 0.400. The molecule has 1 rings (SSSR count). The van der Waals surface area contributed by atoms with E-state index in [1.165, 1.54) is 0 Å². The Bertz CT molecular complexity index is 485. The van der Waals surface area contributed by atoms with Gasteiger partial charge in [0.2, 0.25) is 9.84 Å². The highest BCUT2D eigenvalue weighted by Gasteiger charge is 2.26. The Hall–Kier alpha value is -0.210. The first-order valence-corrected chi connectivity index (χ1v) is 7.48. The minimum atomic E-state index is -3.61. The summed E-state index contributed by atoms with van der Waals surface area (Å²) in [6, 6.07) is 0. The topological polar surface area (TPSA) is 80.6 Å². The molecule has 0 aromatic heterocycles. The number of hydrogen-bond donors (Lipinski definition) is 0. The fourth-order valence-corrected chi connectivity index (χ4v) is 4.30. The van der Waals surface area contributed by atoms with Crippen LogP contribution in [0.4, 0.5) is 0 Å². The van der Waals surface area contributed by atoms with E-state index in [0.717, 1.165) is 11.7 Å². The zero-order valence-electron chi connectivity index (χ0n) is 6.56. The Kier molecular flexibility index (Phi) is 2.65. The van der Waals surface area contributed by atoms with Gasteiger partial charge < -0.3 is 0 Å². The van der Waals surface area contributed by atoms with Gasteiger partial charge >= 0.3 is 0 Å². The number of nitrogens with zero attached hydrogens (tertiary/aromatic N) is 1. The second-order valence-corrected chi connectivity index (χ2v) is 7.31. The van der Waals surface area contributed by atoms with Gasteiger partial charge in [-0.1, -0.05) is 0 Å². The van der Waals surface area contributed by atoms with Crippen molar-refractivity contribution in [3.63, 3.8) is 0 Å². The van der Waals surface area contributed by atoms with Crippen molar-refractivity contribution in [2.24, 2.45) is 4.99 Å². The molecule has 0 fully saturated rings. The van der Waals surface area contributed by atoms with E-state index in [1.807, 2.05) is 0 Å². The van der Waals surface area contributed by atoms with Gasteiger partial charge in [0.1, 0.15) is 10.4 Å². The third-order valence-corrected chi connectivity index (χ3v) is 4.31. The molecule has 0 aromatic rings. The first kappa shape index (κ1) is 10.9. The summed E-state index contributed by atoms with van der Waals surface area (Å²) >= 11 is 2.86. The molecule has 1 heterocycles. The van der Waals surface area contributed by atoms with E-state index in [0.29, 0.717) is 0 Å². The highest BCUT2D eigenvalue weighted by molar-refractivity contribution is 9.11. The number of aliphatic imine (C=N–C) groups is 1. The van der Waals surface area contributed by atoms with Crippen LogP contribution < -0.4 is 0 Å². The lowest BCUT2D eigenvalue weighted by Crippen LogP contribution is -2.19. The lowest BCUT2D eigenvalue weighted by molar-refractivity contribution is 0.603.